The molecule has 0 unspecified atom stereocenters. The van der Waals surface area contributed by atoms with Gasteiger partial charge < -0.3 is 5.32 Å². The Balaban J connectivity index is 1.78. The second kappa shape index (κ2) is 5.66. The van der Waals surface area contributed by atoms with Crippen LogP contribution in [0.25, 0.3) is 21.5 Å². The molecule has 24 heavy (non-hydrogen) atoms. The number of nitro benzene ring substituents is 1. The Morgan fingerprint density at radius 1 is 0.750 bits per heavy atom. The highest BCUT2D eigenvalue weighted by Crippen LogP contribution is 2.30. The van der Waals surface area contributed by atoms with Crippen molar-refractivity contribution in [2.45, 2.75) is 0 Å². The molecule has 116 valence electrons. The maximum atomic E-state index is 10.8. The van der Waals surface area contributed by atoms with E-state index in [2.05, 4.69) is 35.6 Å². The van der Waals surface area contributed by atoms with Crippen LogP contribution in [0.1, 0.15) is 0 Å². The van der Waals surface area contributed by atoms with Crippen molar-refractivity contribution >= 4 is 38.6 Å². The van der Waals surface area contributed by atoms with Crippen LogP contribution in [0.3, 0.4) is 0 Å². The first kappa shape index (κ1) is 14.2. The number of benzene rings is 4. The van der Waals surface area contributed by atoms with Crippen molar-refractivity contribution in [1.82, 2.24) is 0 Å². The van der Waals surface area contributed by atoms with Crippen molar-refractivity contribution < 1.29 is 4.92 Å². The van der Waals surface area contributed by atoms with Gasteiger partial charge in [0.25, 0.3) is 5.69 Å². The second-order valence-corrected chi connectivity index (χ2v) is 5.66. The molecular weight excluding hydrogens is 300 g/mol. The summed E-state index contributed by atoms with van der Waals surface area (Å²) in [4.78, 5) is 10.4. The van der Waals surface area contributed by atoms with Gasteiger partial charge in [-0.05, 0) is 46.5 Å². The highest BCUT2D eigenvalue weighted by molar-refractivity contribution is 6.04. The summed E-state index contributed by atoms with van der Waals surface area (Å²) >= 11 is 0. The van der Waals surface area contributed by atoms with E-state index in [1.807, 2.05) is 24.3 Å². The lowest BCUT2D eigenvalue weighted by atomic mass is 10.0. The first-order chi connectivity index (χ1) is 11.7. The van der Waals surface area contributed by atoms with E-state index in [1.165, 1.54) is 22.9 Å². The highest BCUT2D eigenvalue weighted by atomic mass is 16.6. The van der Waals surface area contributed by atoms with Crippen LogP contribution in [0.4, 0.5) is 17.1 Å². The molecule has 0 saturated heterocycles. The topological polar surface area (TPSA) is 55.2 Å². The molecule has 0 heterocycles. The monoisotopic (exact) mass is 314 g/mol. The van der Waals surface area contributed by atoms with Crippen LogP contribution in [0, 0.1) is 10.1 Å². The molecule has 0 radical (unpaired) electrons. The van der Waals surface area contributed by atoms with E-state index < -0.39 is 4.92 Å². The van der Waals surface area contributed by atoms with Crippen LogP contribution in [0.2, 0.25) is 0 Å². The summed E-state index contributed by atoms with van der Waals surface area (Å²) in [6.07, 6.45) is 0. The van der Waals surface area contributed by atoms with E-state index >= 15 is 0 Å². The number of nitro groups is 1. The minimum absolute atomic E-state index is 0.0875. The van der Waals surface area contributed by atoms with Crippen LogP contribution >= 0.6 is 0 Å². The summed E-state index contributed by atoms with van der Waals surface area (Å²) in [5, 5.41) is 18.8. The minimum Gasteiger partial charge on any atom is -0.355 e. The molecule has 0 atom stereocenters. The maximum Gasteiger partial charge on any atom is 0.269 e. The fourth-order valence-corrected chi connectivity index (χ4v) is 2.90. The fourth-order valence-electron chi connectivity index (χ4n) is 2.90. The molecule has 0 aliphatic carbocycles. The number of fused-ring (bicyclic) bond motifs is 2. The molecule has 0 spiro atoms. The van der Waals surface area contributed by atoms with E-state index in [-0.39, 0.29) is 5.69 Å². The lowest BCUT2D eigenvalue weighted by Crippen LogP contribution is -1.93. The normalized spacial score (nSPS) is 10.8. The molecule has 4 rings (SSSR count). The molecule has 4 nitrogen and oxygen atoms in total. The average molecular weight is 314 g/mol. The Morgan fingerprint density at radius 3 is 2.12 bits per heavy atom. The number of nitrogens with one attached hydrogen (secondary N) is 1. The number of rotatable bonds is 3. The minimum atomic E-state index is -0.395. The van der Waals surface area contributed by atoms with E-state index in [0.29, 0.717) is 0 Å². The van der Waals surface area contributed by atoms with Crippen LogP contribution < -0.4 is 5.32 Å². The van der Waals surface area contributed by atoms with Gasteiger partial charge >= 0.3 is 0 Å². The fraction of sp³-hybridized carbons (Fsp3) is 0. The zero-order valence-electron chi connectivity index (χ0n) is 12.8. The molecule has 1 N–H and O–H groups in total. The van der Waals surface area contributed by atoms with Gasteiger partial charge in [-0.15, -0.1) is 0 Å². The molecule has 0 saturated carbocycles. The predicted octanol–water partition coefficient (Wildman–Crippen LogP) is 5.64. The molecule has 0 aliphatic rings. The first-order valence-electron chi connectivity index (χ1n) is 7.64. The van der Waals surface area contributed by atoms with Gasteiger partial charge in [-0.2, -0.15) is 0 Å². The maximum absolute atomic E-state index is 10.8. The van der Waals surface area contributed by atoms with Gasteiger partial charge in [0.15, 0.2) is 0 Å². The number of hydrogen-bond donors (Lipinski definition) is 1. The molecule has 4 aromatic carbocycles. The summed E-state index contributed by atoms with van der Waals surface area (Å²) in [6.45, 7) is 0. The quantitative estimate of drug-likeness (QED) is 0.302. The van der Waals surface area contributed by atoms with Crippen molar-refractivity contribution in [1.29, 1.82) is 0 Å². The molecule has 4 heteroatoms. The van der Waals surface area contributed by atoms with Crippen molar-refractivity contribution in [3.8, 4) is 0 Å². The summed E-state index contributed by atoms with van der Waals surface area (Å²) in [7, 11) is 0. The zero-order valence-corrected chi connectivity index (χ0v) is 12.8. The van der Waals surface area contributed by atoms with Gasteiger partial charge in [-0.25, -0.2) is 0 Å². The Bertz CT molecular complexity index is 1060. The lowest BCUT2D eigenvalue weighted by Gasteiger charge is -2.11. The van der Waals surface area contributed by atoms with Crippen molar-refractivity contribution in [2.75, 3.05) is 5.32 Å². The Kier molecular flexibility index (Phi) is 3.35. The largest absolute Gasteiger partial charge is 0.355 e. The van der Waals surface area contributed by atoms with Crippen LogP contribution in [-0.2, 0) is 0 Å². The lowest BCUT2D eigenvalue weighted by molar-refractivity contribution is -0.384. The summed E-state index contributed by atoms with van der Waals surface area (Å²) in [6, 6.07) is 25.1. The number of anilines is 2. The summed E-state index contributed by atoms with van der Waals surface area (Å²) in [5.74, 6) is 0. The van der Waals surface area contributed by atoms with Crippen molar-refractivity contribution in [3.05, 3.63) is 89.0 Å². The number of hydrogen-bond acceptors (Lipinski definition) is 3. The summed E-state index contributed by atoms with van der Waals surface area (Å²) in [5.41, 5.74) is 1.89. The van der Waals surface area contributed by atoms with Gasteiger partial charge in [-0.1, -0.05) is 36.4 Å². The van der Waals surface area contributed by atoms with Crippen LogP contribution in [0.5, 0.6) is 0 Å². The molecule has 0 aliphatic heterocycles. The highest BCUT2D eigenvalue weighted by Gasteiger charge is 2.06. The van der Waals surface area contributed by atoms with Gasteiger partial charge in [0, 0.05) is 28.9 Å². The second-order valence-electron chi connectivity index (χ2n) is 5.66. The predicted molar refractivity (Wildman–Crippen MR) is 97.8 cm³/mol. The Labute approximate surface area is 138 Å². The van der Waals surface area contributed by atoms with Gasteiger partial charge in [-0.3, -0.25) is 10.1 Å². The van der Waals surface area contributed by atoms with E-state index in [4.69, 9.17) is 0 Å². The SMILES string of the molecule is O=[N+]([O-])c1ccc(Nc2cccc3cc4ccccc4cc23)cc1. The zero-order chi connectivity index (χ0) is 16.5. The third kappa shape index (κ3) is 2.54. The average Bonchev–Trinajstić information content (AvgIpc) is 2.61. The molecule has 0 aromatic heterocycles. The Morgan fingerprint density at radius 2 is 1.42 bits per heavy atom. The Hall–Kier alpha value is -3.40. The molecule has 0 amide bonds. The van der Waals surface area contributed by atoms with Crippen LogP contribution in [0.15, 0.2) is 78.9 Å². The van der Waals surface area contributed by atoms with Crippen LogP contribution in [-0.4, -0.2) is 4.92 Å². The van der Waals surface area contributed by atoms with E-state index in [0.717, 1.165) is 22.1 Å². The standard InChI is InChI=1S/C20H14N2O2/c23-22(24)18-10-8-17(9-11-18)21-20-7-3-6-16-12-14-4-1-2-5-15(14)13-19(16)20/h1-13,21H. The number of nitrogens with zero attached hydrogens (tertiary/aromatic N) is 1. The van der Waals surface area contributed by atoms with Crippen molar-refractivity contribution in [3.63, 3.8) is 0 Å². The molecule has 4 aromatic rings. The van der Waals surface area contributed by atoms with E-state index in [1.54, 1.807) is 12.1 Å². The number of non-ortho nitro benzene ring substituents is 1. The smallest absolute Gasteiger partial charge is 0.269 e. The first-order valence-corrected chi connectivity index (χ1v) is 7.64. The summed E-state index contributed by atoms with van der Waals surface area (Å²) < 4.78 is 0. The molecular formula is C20H14N2O2. The van der Waals surface area contributed by atoms with Gasteiger partial charge in [0.2, 0.25) is 0 Å². The van der Waals surface area contributed by atoms with E-state index in [9.17, 15) is 10.1 Å². The molecule has 0 fully saturated rings. The molecule has 0 bridgehead atoms. The third-order valence-electron chi connectivity index (χ3n) is 4.10. The van der Waals surface area contributed by atoms with Gasteiger partial charge in [0.1, 0.15) is 0 Å². The van der Waals surface area contributed by atoms with Gasteiger partial charge in [0.05, 0.1) is 4.92 Å². The van der Waals surface area contributed by atoms with Crippen molar-refractivity contribution in [2.24, 2.45) is 0 Å². The third-order valence-corrected chi connectivity index (χ3v) is 4.10.